The molecule has 2 aliphatic rings. The Morgan fingerprint density at radius 1 is 1.10 bits per heavy atom. The maximum atomic E-state index is 12.9. The molecule has 31 heavy (non-hydrogen) atoms. The molecule has 1 N–H and O–H groups in total. The topological polar surface area (TPSA) is 55.9 Å². The highest BCUT2D eigenvalue weighted by Gasteiger charge is 2.36. The van der Waals surface area contributed by atoms with Gasteiger partial charge in [-0.3, -0.25) is 9.59 Å². The number of aryl methyl sites for hydroxylation is 1. The van der Waals surface area contributed by atoms with Crippen molar-refractivity contribution in [3.63, 3.8) is 0 Å². The second kappa shape index (κ2) is 9.28. The van der Waals surface area contributed by atoms with Crippen LogP contribution in [-0.4, -0.2) is 56.0 Å². The van der Waals surface area contributed by atoms with Crippen molar-refractivity contribution in [2.45, 2.75) is 20.3 Å². The third-order valence-electron chi connectivity index (χ3n) is 6.26. The Morgan fingerprint density at radius 2 is 1.84 bits per heavy atom. The fourth-order valence-corrected chi connectivity index (χ4v) is 4.66. The summed E-state index contributed by atoms with van der Waals surface area (Å²) in [7, 11) is 0. The molecule has 2 aliphatic heterocycles. The lowest BCUT2D eigenvalue weighted by molar-refractivity contribution is -0.122. The Bertz CT molecular complexity index is 972. The van der Waals surface area contributed by atoms with Crippen molar-refractivity contribution in [3.8, 4) is 0 Å². The van der Waals surface area contributed by atoms with Gasteiger partial charge in [-0.25, -0.2) is 0 Å². The van der Waals surface area contributed by atoms with Crippen molar-refractivity contribution in [3.05, 3.63) is 53.1 Å². The van der Waals surface area contributed by atoms with Gasteiger partial charge < -0.3 is 20.0 Å². The van der Waals surface area contributed by atoms with Crippen LogP contribution in [0.15, 0.2) is 42.5 Å². The Labute approximate surface area is 188 Å². The Balaban J connectivity index is 1.39. The molecular weight excluding hydrogens is 412 g/mol. The molecule has 2 amide bonds. The molecule has 0 aromatic heterocycles. The Morgan fingerprint density at radius 3 is 2.52 bits per heavy atom. The van der Waals surface area contributed by atoms with Crippen molar-refractivity contribution >= 4 is 40.5 Å². The van der Waals surface area contributed by atoms with E-state index in [-0.39, 0.29) is 18.2 Å². The third kappa shape index (κ3) is 4.70. The van der Waals surface area contributed by atoms with Crippen LogP contribution >= 0.6 is 11.6 Å². The number of likely N-dealkylation sites (N-methyl/N-ethyl adjacent to an activating group) is 1. The number of piperazine rings is 1. The number of carbonyl (C=O) groups is 2. The predicted molar refractivity (Wildman–Crippen MR) is 126 cm³/mol. The van der Waals surface area contributed by atoms with Crippen molar-refractivity contribution < 1.29 is 9.59 Å². The number of rotatable bonds is 5. The van der Waals surface area contributed by atoms with Crippen LogP contribution in [0.25, 0.3) is 0 Å². The smallest absolute Gasteiger partial charge is 0.229 e. The molecule has 0 bridgehead atoms. The molecule has 2 heterocycles. The predicted octanol–water partition coefficient (Wildman–Crippen LogP) is 3.78. The van der Waals surface area contributed by atoms with Crippen molar-refractivity contribution in [1.29, 1.82) is 0 Å². The molecule has 0 aliphatic carbocycles. The van der Waals surface area contributed by atoms with Crippen LogP contribution in [0.2, 0.25) is 5.02 Å². The molecule has 1 unspecified atom stereocenters. The van der Waals surface area contributed by atoms with Crippen LogP contribution in [0.3, 0.4) is 0 Å². The minimum atomic E-state index is -0.397. The lowest BCUT2D eigenvalue weighted by atomic mass is 10.1. The second-order valence-corrected chi connectivity index (χ2v) is 8.68. The quantitative estimate of drug-likeness (QED) is 0.768. The van der Waals surface area contributed by atoms with Gasteiger partial charge in [-0.05, 0) is 49.4 Å². The SMILES string of the molecule is CCN1CCN(c2ccc(NC(=O)C3CC(=O)N(c4ccccc4Cl)C3)cc2C)CC1. The first kappa shape index (κ1) is 21.7. The number of carbonyl (C=O) groups excluding carboxylic acids is 2. The van der Waals surface area contributed by atoms with Crippen LogP contribution in [-0.2, 0) is 9.59 Å². The first-order valence-corrected chi connectivity index (χ1v) is 11.3. The van der Waals surface area contributed by atoms with Gasteiger partial charge in [0.1, 0.15) is 0 Å². The largest absolute Gasteiger partial charge is 0.369 e. The van der Waals surface area contributed by atoms with E-state index in [1.54, 1.807) is 11.0 Å². The molecule has 1 atom stereocenters. The monoisotopic (exact) mass is 440 g/mol. The number of amides is 2. The van der Waals surface area contributed by atoms with Gasteiger partial charge in [-0.2, -0.15) is 0 Å². The molecule has 164 valence electrons. The van der Waals surface area contributed by atoms with Gasteiger partial charge in [0.2, 0.25) is 11.8 Å². The number of nitrogens with zero attached hydrogens (tertiary/aromatic N) is 3. The van der Waals surface area contributed by atoms with E-state index in [0.717, 1.165) is 44.0 Å². The summed E-state index contributed by atoms with van der Waals surface area (Å²) in [5.74, 6) is -0.608. The van der Waals surface area contributed by atoms with E-state index in [1.807, 2.05) is 30.3 Å². The maximum Gasteiger partial charge on any atom is 0.229 e. The molecule has 2 aromatic carbocycles. The summed E-state index contributed by atoms with van der Waals surface area (Å²) in [6, 6.07) is 13.3. The van der Waals surface area contributed by atoms with Crippen LogP contribution in [0, 0.1) is 12.8 Å². The minimum absolute atomic E-state index is 0.0778. The zero-order chi connectivity index (χ0) is 22.0. The Hall–Kier alpha value is -2.57. The fraction of sp³-hybridized carbons (Fsp3) is 0.417. The molecule has 6 nitrogen and oxygen atoms in total. The number of hydrogen-bond donors (Lipinski definition) is 1. The number of hydrogen-bond acceptors (Lipinski definition) is 4. The summed E-state index contributed by atoms with van der Waals surface area (Å²) in [6.07, 6.45) is 0.190. The molecule has 0 saturated carbocycles. The molecule has 4 rings (SSSR count). The van der Waals surface area contributed by atoms with Gasteiger partial charge >= 0.3 is 0 Å². The number of halogens is 1. The van der Waals surface area contributed by atoms with Crippen LogP contribution in [0.4, 0.5) is 17.1 Å². The highest BCUT2D eigenvalue weighted by molar-refractivity contribution is 6.33. The average Bonchev–Trinajstić information content (AvgIpc) is 3.16. The number of benzene rings is 2. The second-order valence-electron chi connectivity index (χ2n) is 8.27. The zero-order valence-electron chi connectivity index (χ0n) is 18.1. The van der Waals surface area contributed by atoms with E-state index in [1.165, 1.54) is 5.69 Å². The van der Waals surface area contributed by atoms with Crippen molar-refractivity contribution in [2.75, 3.05) is 54.4 Å². The van der Waals surface area contributed by atoms with E-state index < -0.39 is 5.92 Å². The standard InChI is InChI=1S/C24H29ClN4O2/c1-3-27-10-12-28(13-11-27)21-9-8-19(14-17(21)2)26-24(31)18-15-23(30)29(16-18)22-7-5-4-6-20(22)25/h4-9,14,18H,3,10-13,15-16H2,1-2H3,(H,26,31). The summed E-state index contributed by atoms with van der Waals surface area (Å²) in [5.41, 5.74) is 3.78. The highest BCUT2D eigenvalue weighted by atomic mass is 35.5. The first-order chi connectivity index (χ1) is 15.0. The van der Waals surface area contributed by atoms with Gasteiger partial charge in [0.25, 0.3) is 0 Å². The normalized spacial score (nSPS) is 19.7. The number of nitrogens with one attached hydrogen (secondary N) is 1. The van der Waals surface area contributed by atoms with Crippen LogP contribution in [0.1, 0.15) is 18.9 Å². The maximum absolute atomic E-state index is 12.9. The van der Waals surface area contributed by atoms with Crippen LogP contribution in [0.5, 0.6) is 0 Å². The molecule has 2 aromatic rings. The molecular formula is C24H29ClN4O2. The van der Waals surface area contributed by atoms with Crippen molar-refractivity contribution in [2.24, 2.45) is 5.92 Å². The summed E-state index contributed by atoms with van der Waals surface area (Å²) < 4.78 is 0. The fourth-order valence-electron chi connectivity index (χ4n) is 4.42. The van der Waals surface area contributed by atoms with Gasteiger partial charge in [0, 0.05) is 50.5 Å². The van der Waals surface area contributed by atoms with Crippen molar-refractivity contribution in [1.82, 2.24) is 4.90 Å². The third-order valence-corrected chi connectivity index (χ3v) is 6.58. The number of anilines is 3. The van der Waals surface area contributed by atoms with Crippen LogP contribution < -0.4 is 15.1 Å². The van der Waals surface area contributed by atoms with E-state index in [4.69, 9.17) is 11.6 Å². The lowest BCUT2D eigenvalue weighted by Crippen LogP contribution is -2.46. The van der Waals surface area contributed by atoms with E-state index in [0.29, 0.717) is 17.3 Å². The summed E-state index contributed by atoms with van der Waals surface area (Å²) in [5, 5.41) is 3.52. The van der Waals surface area contributed by atoms with Gasteiger partial charge in [0.15, 0.2) is 0 Å². The van der Waals surface area contributed by atoms with Gasteiger partial charge in [0.05, 0.1) is 16.6 Å². The van der Waals surface area contributed by atoms with Gasteiger partial charge in [-0.1, -0.05) is 30.7 Å². The summed E-state index contributed by atoms with van der Waals surface area (Å²) in [4.78, 5) is 31.8. The first-order valence-electron chi connectivity index (χ1n) is 10.9. The molecule has 0 radical (unpaired) electrons. The summed E-state index contributed by atoms with van der Waals surface area (Å²) in [6.45, 7) is 9.89. The van der Waals surface area contributed by atoms with Gasteiger partial charge in [-0.15, -0.1) is 0 Å². The number of para-hydroxylation sites is 1. The van der Waals surface area contributed by atoms with E-state index in [2.05, 4.69) is 35.0 Å². The van der Waals surface area contributed by atoms with E-state index >= 15 is 0 Å². The molecule has 2 fully saturated rings. The highest BCUT2D eigenvalue weighted by Crippen LogP contribution is 2.32. The average molecular weight is 441 g/mol. The minimum Gasteiger partial charge on any atom is -0.369 e. The molecule has 0 spiro atoms. The lowest BCUT2D eigenvalue weighted by Gasteiger charge is -2.36. The van der Waals surface area contributed by atoms with E-state index in [9.17, 15) is 9.59 Å². The molecule has 7 heteroatoms. The summed E-state index contributed by atoms with van der Waals surface area (Å²) >= 11 is 6.24. The molecule has 2 saturated heterocycles. The Kier molecular flexibility index (Phi) is 6.49. The zero-order valence-corrected chi connectivity index (χ0v) is 18.9.